The first kappa shape index (κ1) is 13.2. The maximum Gasteiger partial charge on any atom is 0.341 e. The lowest BCUT2D eigenvalue weighted by atomic mass is 9.98. The minimum Gasteiger partial charge on any atom is -0.369 e. The molecular weight excluding hydrogens is 311 g/mol. The maximum atomic E-state index is 2.80. The predicted molar refractivity (Wildman–Crippen MR) is 93.8 cm³/mol. The lowest BCUT2D eigenvalue weighted by Crippen LogP contribution is -2.48. The molecule has 0 N–H and O–H groups in total. The lowest BCUT2D eigenvalue weighted by Gasteiger charge is -2.30. The second-order valence-corrected chi connectivity index (χ2v) is 11.6. The minimum absolute atomic E-state index is 0.728. The molecule has 0 aromatic carbocycles. The number of hydrogen-bond donors (Lipinski definition) is 0. The van der Waals surface area contributed by atoms with E-state index in [1.54, 1.807) is 0 Å². The van der Waals surface area contributed by atoms with Gasteiger partial charge in [-0.1, -0.05) is 0 Å². The topological polar surface area (TPSA) is 3.24 Å². The third kappa shape index (κ3) is 3.04. The molecule has 0 aliphatic carbocycles. The van der Waals surface area contributed by atoms with Gasteiger partial charge in [-0.05, 0) is 34.5 Å². The molecule has 0 amide bonds. The van der Waals surface area contributed by atoms with Gasteiger partial charge < -0.3 is 4.63 Å². The zero-order chi connectivity index (χ0) is 10.8. The van der Waals surface area contributed by atoms with Gasteiger partial charge in [0.05, 0.1) is 0 Å². The number of rotatable bonds is 3. The molecule has 3 aliphatic heterocycles. The Kier molecular flexibility index (Phi) is 5.48. The summed E-state index contributed by atoms with van der Waals surface area (Å²) in [5.41, 5.74) is 0. The molecule has 0 bridgehead atoms. The van der Waals surface area contributed by atoms with E-state index in [9.17, 15) is 0 Å². The molecule has 3 saturated heterocycles. The first-order valence-corrected chi connectivity index (χ1v) is 11.7. The predicted octanol–water partition coefficient (Wildman–Crippen LogP) is 2.68. The number of nitrogens with zero attached hydrogens (tertiary/aromatic N) is 1. The van der Waals surface area contributed by atoms with Gasteiger partial charge >= 0.3 is 16.2 Å². The van der Waals surface area contributed by atoms with E-state index in [0.717, 1.165) is 16.2 Å². The van der Waals surface area contributed by atoms with E-state index in [-0.39, 0.29) is 0 Å². The van der Waals surface area contributed by atoms with Gasteiger partial charge in [-0.2, -0.15) is 69.7 Å². The third-order valence-electron chi connectivity index (χ3n) is 2.54. The summed E-state index contributed by atoms with van der Waals surface area (Å²) in [5.74, 6) is 8.06. The monoisotopic (exact) mass is 323 g/mol. The molecule has 0 unspecified atom stereocenters. The van der Waals surface area contributed by atoms with Gasteiger partial charge in [0.1, 0.15) is 0 Å². The van der Waals surface area contributed by atoms with Gasteiger partial charge in [-0.3, -0.25) is 0 Å². The van der Waals surface area contributed by atoms with Crippen molar-refractivity contribution < 1.29 is 0 Å². The van der Waals surface area contributed by atoms with Crippen LogP contribution in [0.3, 0.4) is 0 Å². The molecule has 0 saturated carbocycles. The Morgan fingerprint density at radius 2 is 0.750 bits per heavy atom. The van der Waals surface area contributed by atoms with E-state index < -0.39 is 0 Å². The molecule has 1 nitrogen and oxygen atoms in total. The Morgan fingerprint density at radius 3 is 1.00 bits per heavy atom. The molecule has 10 heteroatoms. The normalized spacial score (nSPS) is 26.4. The van der Waals surface area contributed by atoms with Crippen LogP contribution in [0.2, 0.25) is 0 Å². The van der Waals surface area contributed by atoms with Crippen LogP contribution in [0.4, 0.5) is 0 Å². The second kappa shape index (κ2) is 6.61. The molecule has 3 rings (SSSR count). The van der Waals surface area contributed by atoms with Crippen LogP contribution in [-0.4, -0.2) is 55.4 Å². The molecule has 86 valence electrons. The Labute approximate surface area is 124 Å². The summed E-state index contributed by atoms with van der Waals surface area (Å²) in [7, 11) is 0. The van der Waals surface area contributed by atoms with E-state index in [4.69, 9.17) is 0 Å². The SMILES string of the molecule is C1CSB(N(B2SCCS2)B2SCCS2)S1. The molecule has 3 fully saturated rings. The molecule has 0 spiro atoms. The molecule has 3 heterocycles. The average molecular weight is 323 g/mol. The summed E-state index contributed by atoms with van der Waals surface area (Å²) < 4.78 is 2.80. The van der Waals surface area contributed by atoms with Crippen LogP contribution in [0, 0.1) is 0 Å². The van der Waals surface area contributed by atoms with Crippen molar-refractivity contribution in [2.75, 3.05) is 34.5 Å². The first-order chi connectivity index (χ1) is 7.95. The summed E-state index contributed by atoms with van der Waals surface area (Å²) in [6, 6.07) is 0. The van der Waals surface area contributed by atoms with Crippen LogP contribution in [0.15, 0.2) is 0 Å². The zero-order valence-electron chi connectivity index (χ0n) is 8.87. The second-order valence-electron chi connectivity index (χ2n) is 3.59. The fourth-order valence-corrected chi connectivity index (χ4v) is 11.7. The van der Waals surface area contributed by atoms with Crippen molar-refractivity contribution in [3.05, 3.63) is 0 Å². The summed E-state index contributed by atoms with van der Waals surface area (Å²) in [5, 5.41) is 2.18. The van der Waals surface area contributed by atoms with Crippen LogP contribution in [0.5, 0.6) is 0 Å². The Morgan fingerprint density at radius 1 is 0.500 bits per heavy atom. The molecule has 16 heavy (non-hydrogen) atoms. The van der Waals surface area contributed by atoms with Crippen LogP contribution >= 0.6 is 69.7 Å². The van der Waals surface area contributed by atoms with E-state index in [1.165, 1.54) is 34.5 Å². The minimum atomic E-state index is 0.728. The van der Waals surface area contributed by atoms with Crippen LogP contribution in [0.25, 0.3) is 0 Å². The smallest absolute Gasteiger partial charge is 0.341 e. The Bertz CT molecular complexity index is 192. The lowest BCUT2D eigenvalue weighted by molar-refractivity contribution is 1.14. The van der Waals surface area contributed by atoms with Crippen LogP contribution in [-0.2, 0) is 0 Å². The highest BCUT2D eigenvalue weighted by atomic mass is 32.2. The van der Waals surface area contributed by atoms with E-state index in [2.05, 4.69) is 74.3 Å². The fourth-order valence-electron chi connectivity index (χ4n) is 1.85. The van der Waals surface area contributed by atoms with Gasteiger partial charge in [0.2, 0.25) is 0 Å². The molecule has 0 atom stereocenters. The van der Waals surface area contributed by atoms with E-state index in [0.29, 0.717) is 0 Å². The van der Waals surface area contributed by atoms with E-state index in [1.807, 2.05) is 0 Å². The highest BCUT2D eigenvalue weighted by Gasteiger charge is 2.45. The van der Waals surface area contributed by atoms with Gasteiger partial charge in [0.15, 0.2) is 0 Å². The Hall–Kier alpha value is 2.25. The van der Waals surface area contributed by atoms with Gasteiger partial charge in [0, 0.05) is 0 Å². The molecule has 0 aromatic rings. The van der Waals surface area contributed by atoms with E-state index >= 15 is 0 Å². The van der Waals surface area contributed by atoms with Crippen LogP contribution < -0.4 is 0 Å². The quantitative estimate of drug-likeness (QED) is 0.725. The fraction of sp³-hybridized carbons (Fsp3) is 1.00. The summed E-state index contributed by atoms with van der Waals surface area (Å²) >= 11 is 13.0. The van der Waals surface area contributed by atoms with Crippen molar-refractivity contribution in [3.8, 4) is 0 Å². The van der Waals surface area contributed by atoms with Crippen molar-refractivity contribution in [1.29, 1.82) is 0 Å². The van der Waals surface area contributed by atoms with Gasteiger partial charge in [-0.25, -0.2) is 0 Å². The van der Waals surface area contributed by atoms with Gasteiger partial charge in [0.25, 0.3) is 0 Å². The average Bonchev–Trinajstić information content (AvgIpc) is 3.02. The van der Waals surface area contributed by atoms with Crippen LogP contribution in [0.1, 0.15) is 0 Å². The highest BCUT2D eigenvalue weighted by Crippen LogP contribution is 2.44. The molecule has 0 aromatic heterocycles. The van der Waals surface area contributed by atoms with Gasteiger partial charge in [-0.15, -0.1) is 0 Å². The van der Waals surface area contributed by atoms with Crippen molar-refractivity contribution in [3.63, 3.8) is 0 Å². The standard InChI is InChI=1S/C6H12B3NS6/c1-2-12-7(11-1)10(8-13-3-4-14-8)9-15-5-6-16-9/h1-6H2. The van der Waals surface area contributed by atoms with Crippen molar-refractivity contribution >= 4 is 85.9 Å². The summed E-state index contributed by atoms with van der Waals surface area (Å²) in [6.07, 6.45) is 0. The first-order valence-electron chi connectivity index (χ1n) is 5.42. The zero-order valence-corrected chi connectivity index (χ0v) is 13.8. The number of hydrogen-bond acceptors (Lipinski definition) is 7. The summed E-state index contributed by atoms with van der Waals surface area (Å²) in [6.45, 7) is 0. The Balaban J connectivity index is 1.70. The van der Waals surface area contributed by atoms with Crippen molar-refractivity contribution in [1.82, 2.24) is 4.63 Å². The van der Waals surface area contributed by atoms with Crippen molar-refractivity contribution in [2.45, 2.75) is 0 Å². The largest absolute Gasteiger partial charge is 0.369 e. The third-order valence-corrected chi connectivity index (χ3v) is 11.6. The summed E-state index contributed by atoms with van der Waals surface area (Å²) in [4.78, 5) is 0. The molecular formula is C6H12B3NS6. The van der Waals surface area contributed by atoms with Crippen molar-refractivity contribution in [2.24, 2.45) is 0 Å². The highest BCUT2D eigenvalue weighted by molar-refractivity contribution is 8.63. The molecule has 0 radical (unpaired) electrons. The molecule has 3 aliphatic rings. The maximum absolute atomic E-state index is 2.80.